The average molecular weight is 513 g/mol. The Kier molecular flexibility index (Phi) is 6.97. The van der Waals surface area contributed by atoms with Crippen LogP contribution in [0.3, 0.4) is 0 Å². The molecule has 3 aromatic heterocycles. The number of benzene rings is 1. The number of carboxylic acid groups (broad SMARTS) is 1. The Morgan fingerprint density at radius 3 is 2.33 bits per heavy atom. The summed E-state index contributed by atoms with van der Waals surface area (Å²) in [6.07, 6.45) is -4.85. The fourth-order valence-corrected chi connectivity index (χ4v) is 3.13. The Morgan fingerprint density at radius 1 is 1.17 bits per heavy atom. The molecule has 0 saturated carbocycles. The smallest absolute Gasteiger partial charge is 0.475 e. The molecule has 0 aliphatic carbocycles. The Labute approximate surface area is 199 Å². The Balaban J connectivity index is 0.000000454. The van der Waals surface area contributed by atoms with Gasteiger partial charge in [-0.15, -0.1) is 5.10 Å². The molecule has 1 aromatic carbocycles. The minimum absolute atomic E-state index is 0.0944. The van der Waals surface area contributed by atoms with E-state index in [4.69, 9.17) is 15.6 Å². The van der Waals surface area contributed by atoms with Crippen molar-refractivity contribution in [2.75, 3.05) is 5.73 Å². The van der Waals surface area contributed by atoms with Gasteiger partial charge in [-0.1, -0.05) is 12.1 Å². The molecule has 0 radical (unpaired) electrons. The molecule has 0 saturated heterocycles. The predicted octanol–water partition coefficient (Wildman–Crippen LogP) is 3.19. The number of carbonyl (C=O) groups is 1. The summed E-state index contributed by atoms with van der Waals surface area (Å²) in [7, 11) is 1.76. The standard InChI is InChI=1S/C19H19F2N7O.C2HF3O2/c1-10-4-5-11(19(2,29)18(20)21)8-12(10)14-9-23-17-15(22)25-16(26-28(14)17)13-6-7-24-27(13)3;3-2(4,5)1(6)7/h4-9,18,29H,1-3H3,(H2,22,25,26);(H,6,7). The highest BCUT2D eigenvalue weighted by Gasteiger charge is 2.38. The summed E-state index contributed by atoms with van der Waals surface area (Å²) >= 11 is 0. The number of aliphatic carboxylic acids is 1. The predicted molar refractivity (Wildman–Crippen MR) is 117 cm³/mol. The molecule has 0 amide bonds. The second kappa shape index (κ2) is 9.49. The lowest BCUT2D eigenvalue weighted by molar-refractivity contribution is -0.192. The van der Waals surface area contributed by atoms with E-state index in [9.17, 15) is 27.1 Å². The van der Waals surface area contributed by atoms with Gasteiger partial charge in [0.25, 0.3) is 6.43 Å². The van der Waals surface area contributed by atoms with Crippen molar-refractivity contribution in [2.45, 2.75) is 32.1 Å². The lowest BCUT2D eigenvalue weighted by atomic mass is 9.92. The maximum Gasteiger partial charge on any atom is 0.490 e. The maximum atomic E-state index is 13.3. The van der Waals surface area contributed by atoms with Gasteiger partial charge in [0.05, 0.1) is 11.9 Å². The van der Waals surface area contributed by atoms with E-state index >= 15 is 0 Å². The Morgan fingerprint density at radius 2 is 1.81 bits per heavy atom. The van der Waals surface area contributed by atoms with Crippen LogP contribution in [-0.4, -0.2) is 58.1 Å². The molecule has 192 valence electrons. The number of aryl methyl sites for hydroxylation is 2. The molecule has 15 heteroatoms. The molecular formula is C21H20F5N7O3. The number of nitrogens with zero attached hydrogens (tertiary/aromatic N) is 6. The summed E-state index contributed by atoms with van der Waals surface area (Å²) in [4.78, 5) is 17.5. The number of hydrogen-bond acceptors (Lipinski definition) is 7. The van der Waals surface area contributed by atoms with Crippen LogP contribution in [0.15, 0.2) is 36.7 Å². The van der Waals surface area contributed by atoms with Crippen LogP contribution in [0.1, 0.15) is 18.1 Å². The molecular weight excluding hydrogens is 493 g/mol. The SMILES string of the molecule is Cc1ccc(C(C)(O)C(F)F)cc1-c1cnc2c(N)nc(-c3ccnn3C)nn12.O=C(O)C(F)(F)F. The summed E-state index contributed by atoms with van der Waals surface area (Å²) in [6.45, 7) is 2.92. The third kappa shape index (κ3) is 5.10. The lowest BCUT2D eigenvalue weighted by Gasteiger charge is -2.23. The zero-order valence-corrected chi connectivity index (χ0v) is 19.0. The van der Waals surface area contributed by atoms with E-state index in [1.807, 2.05) is 6.92 Å². The second-order valence-electron chi connectivity index (χ2n) is 7.82. The van der Waals surface area contributed by atoms with Gasteiger partial charge < -0.3 is 15.9 Å². The van der Waals surface area contributed by atoms with Crippen LogP contribution < -0.4 is 5.73 Å². The number of aliphatic hydroxyl groups is 1. The maximum absolute atomic E-state index is 13.3. The number of hydrogen-bond donors (Lipinski definition) is 3. The first-order chi connectivity index (χ1) is 16.6. The number of carboxylic acids is 1. The third-order valence-corrected chi connectivity index (χ3v) is 5.20. The highest BCUT2D eigenvalue weighted by Crippen LogP contribution is 2.33. The third-order valence-electron chi connectivity index (χ3n) is 5.20. The van der Waals surface area contributed by atoms with Crippen LogP contribution in [0.5, 0.6) is 0 Å². The number of anilines is 1. The number of imidazole rings is 1. The van der Waals surface area contributed by atoms with Crippen molar-refractivity contribution < 1.29 is 37.0 Å². The topological polar surface area (TPSA) is 144 Å². The van der Waals surface area contributed by atoms with Crippen molar-refractivity contribution in [3.05, 3.63) is 47.8 Å². The molecule has 1 atom stereocenters. The lowest BCUT2D eigenvalue weighted by Crippen LogP contribution is -2.30. The normalized spacial score (nSPS) is 13.4. The van der Waals surface area contributed by atoms with Crippen LogP contribution in [0, 0.1) is 6.92 Å². The molecule has 0 aliphatic heterocycles. The van der Waals surface area contributed by atoms with E-state index in [-0.39, 0.29) is 11.4 Å². The van der Waals surface area contributed by atoms with Crippen molar-refractivity contribution in [1.29, 1.82) is 0 Å². The van der Waals surface area contributed by atoms with E-state index in [0.717, 1.165) is 12.5 Å². The van der Waals surface area contributed by atoms with Crippen molar-refractivity contribution >= 4 is 17.4 Å². The van der Waals surface area contributed by atoms with E-state index in [0.29, 0.717) is 28.4 Å². The van der Waals surface area contributed by atoms with Gasteiger partial charge in [0.2, 0.25) is 0 Å². The zero-order valence-electron chi connectivity index (χ0n) is 19.0. The number of rotatable bonds is 4. The molecule has 0 aliphatic rings. The molecule has 3 heterocycles. The van der Waals surface area contributed by atoms with Gasteiger partial charge in [0.1, 0.15) is 11.3 Å². The number of halogens is 5. The first kappa shape index (κ1) is 26.5. The molecule has 0 spiro atoms. The largest absolute Gasteiger partial charge is 0.490 e. The molecule has 1 unspecified atom stereocenters. The summed E-state index contributed by atoms with van der Waals surface area (Å²) in [5.74, 6) is -2.23. The number of alkyl halides is 5. The number of nitrogen functional groups attached to an aromatic ring is 1. The van der Waals surface area contributed by atoms with Crippen molar-refractivity contribution in [1.82, 2.24) is 29.4 Å². The summed E-state index contributed by atoms with van der Waals surface area (Å²) in [6, 6.07) is 6.43. The minimum atomic E-state index is -5.08. The number of fused-ring (bicyclic) bond motifs is 1. The van der Waals surface area contributed by atoms with E-state index in [1.54, 1.807) is 36.3 Å². The van der Waals surface area contributed by atoms with Gasteiger partial charge >= 0.3 is 12.1 Å². The first-order valence-corrected chi connectivity index (χ1v) is 10.1. The molecule has 0 bridgehead atoms. The molecule has 10 nitrogen and oxygen atoms in total. The molecule has 0 fully saturated rings. The van der Waals surface area contributed by atoms with E-state index in [1.165, 1.54) is 16.6 Å². The first-order valence-electron chi connectivity index (χ1n) is 10.1. The van der Waals surface area contributed by atoms with Gasteiger partial charge in [-0.25, -0.2) is 28.1 Å². The van der Waals surface area contributed by atoms with Crippen LogP contribution in [0.4, 0.5) is 27.8 Å². The van der Waals surface area contributed by atoms with Gasteiger partial charge in [-0.2, -0.15) is 18.3 Å². The zero-order chi connectivity index (χ0) is 27.0. The quantitative estimate of drug-likeness (QED) is 0.353. The van der Waals surface area contributed by atoms with Gasteiger partial charge in [-0.05, 0) is 37.1 Å². The fourth-order valence-electron chi connectivity index (χ4n) is 3.13. The molecule has 4 aromatic rings. The van der Waals surface area contributed by atoms with Gasteiger partial charge in [-0.3, -0.25) is 4.68 Å². The molecule has 4 rings (SSSR count). The number of nitrogens with two attached hydrogens (primary N) is 1. The summed E-state index contributed by atoms with van der Waals surface area (Å²) in [5, 5.41) is 26.0. The van der Waals surface area contributed by atoms with E-state index in [2.05, 4.69) is 20.2 Å². The summed E-state index contributed by atoms with van der Waals surface area (Å²) in [5.41, 5.74) is 6.84. The number of aromatic nitrogens is 6. The van der Waals surface area contributed by atoms with Gasteiger partial charge in [0, 0.05) is 18.8 Å². The van der Waals surface area contributed by atoms with Crippen LogP contribution in [0.25, 0.3) is 28.4 Å². The van der Waals surface area contributed by atoms with Crippen molar-refractivity contribution in [3.8, 4) is 22.8 Å². The van der Waals surface area contributed by atoms with Crippen LogP contribution in [-0.2, 0) is 17.4 Å². The second-order valence-corrected chi connectivity index (χ2v) is 7.82. The van der Waals surface area contributed by atoms with Crippen LogP contribution in [0.2, 0.25) is 0 Å². The van der Waals surface area contributed by atoms with Crippen LogP contribution >= 0.6 is 0 Å². The highest BCUT2D eigenvalue weighted by molar-refractivity contribution is 5.73. The Bertz CT molecular complexity index is 1410. The minimum Gasteiger partial charge on any atom is -0.475 e. The van der Waals surface area contributed by atoms with Crippen molar-refractivity contribution in [3.63, 3.8) is 0 Å². The Hall–Kier alpha value is -4.14. The molecule has 4 N–H and O–H groups in total. The van der Waals surface area contributed by atoms with Gasteiger partial charge in [0.15, 0.2) is 17.3 Å². The van der Waals surface area contributed by atoms with Crippen molar-refractivity contribution in [2.24, 2.45) is 7.05 Å². The van der Waals surface area contributed by atoms with E-state index < -0.39 is 24.2 Å². The fraction of sp³-hybridized carbons (Fsp3) is 0.286. The monoisotopic (exact) mass is 513 g/mol. The summed E-state index contributed by atoms with van der Waals surface area (Å²) < 4.78 is 61.5. The molecule has 36 heavy (non-hydrogen) atoms. The average Bonchev–Trinajstić information content (AvgIpc) is 3.40. The highest BCUT2D eigenvalue weighted by atomic mass is 19.4.